The molecule has 0 heterocycles. The predicted octanol–water partition coefficient (Wildman–Crippen LogP) is 5.91. The van der Waals surface area contributed by atoms with Crippen LogP contribution in [0.5, 0.6) is 0 Å². The predicted molar refractivity (Wildman–Crippen MR) is 106 cm³/mol. The van der Waals surface area contributed by atoms with E-state index in [1.165, 1.54) is 6.92 Å². The van der Waals surface area contributed by atoms with E-state index < -0.39 is 17.5 Å². The maximum absolute atomic E-state index is 13.7. The van der Waals surface area contributed by atoms with Crippen LogP contribution in [0.2, 0.25) is 0 Å². The molecule has 0 saturated heterocycles. The van der Waals surface area contributed by atoms with Gasteiger partial charge in [0.25, 0.3) is 0 Å². The summed E-state index contributed by atoms with van der Waals surface area (Å²) in [6.45, 7) is 10.8. The summed E-state index contributed by atoms with van der Waals surface area (Å²) in [6, 6.07) is 8.07. The van der Waals surface area contributed by atoms with E-state index in [0.29, 0.717) is 6.42 Å². The van der Waals surface area contributed by atoms with Crippen molar-refractivity contribution in [3.8, 4) is 0 Å². The van der Waals surface area contributed by atoms with Crippen molar-refractivity contribution in [2.24, 2.45) is 0 Å². The molecule has 0 saturated carbocycles. The Morgan fingerprint density at radius 1 is 0.885 bits per heavy atom. The van der Waals surface area contributed by atoms with Crippen LogP contribution in [0.25, 0.3) is 12.2 Å². The maximum atomic E-state index is 13.7. The second kappa shape index (κ2) is 11.1. The van der Waals surface area contributed by atoms with E-state index in [1.54, 1.807) is 0 Å². The minimum absolute atomic E-state index is 0.0609. The number of hydrogen-bond acceptors (Lipinski definition) is 0. The van der Waals surface area contributed by atoms with E-state index in [4.69, 9.17) is 0 Å². The zero-order valence-electron chi connectivity index (χ0n) is 15.2. The molecular formula is C22H24F3Se. The normalized spacial score (nSPS) is 10.0. The van der Waals surface area contributed by atoms with Gasteiger partial charge in [0.15, 0.2) is 0 Å². The zero-order chi connectivity index (χ0) is 19.7. The van der Waals surface area contributed by atoms with Crippen molar-refractivity contribution in [3.05, 3.63) is 77.1 Å². The van der Waals surface area contributed by atoms with Gasteiger partial charge in [-0.15, -0.1) is 0 Å². The van der Waals surface area contributed by atoms with Gasteiger partial charge >= 0.3 is 102 Å². The summed E-state index contributed by atoms with van der Waals surface area (Å²) in [5.74, 6) is -2.64. The number of rotatable bonds is 6. The zero-order valence-corrected chi connectivity index (χ0v) is 17.0. The third-order valence-corrected chi connectivity index (χ3v) is 5.05. The summed E-state index contributed by atoms with van der Waals surface area (Å²) in [4.78, 5) is 0. The van der Waals surface area contributed by atoms with Gasteiger partial charge in [-0.3, -0.25) is 0 Å². The van der Waals surface area contributed by atoms with Crippen molar-refractivity contribution in [3.63, 3.8) is 0 Å². The monoisotopic (exact) mass is 425 g/mol. The van der Waals surface area contributed by atoms with Crippen LogP contribution < -0.4 is 4.46 Å². The Balaban J connectivity index is 0.000000289. The van der Waals surface area contributed by atoms with Crippen molar-refractivity contribution < 1.29 is 13.2 Å². The third-order valence-electron chi connectivity index (χ3n) is 4.03. The van der Waals surface area contributed by atoms with Crippen LogP contribution in [0, 0.1) is 24.4 Å². The van der Waals surface area contributed by atoms with Crippen LogP contribution in [0.15, 0.2) is 37.4 Å². The average Bonchev–Trinajstić information content (AvgIpc) is 2.68. The minimum atomic E-state index is -1.05. The standard InChI is InChI=1S/C12H14F3Se.C10H10/c1-3-4-5-6-8-9(13)7(2)12(16)11(15)10(8)14;1-3-9-5-7-10(4-2)8-6-9/h3-6H2,1-2H3;3-8H,1-2H2. The molecule has 4 heteroatoms. The molecule has 0 unspecified atom stereocenters. The fraction of sp³-hybridized carbons (Fsp3) is 0.273. The third kappa shape index (κ3) is 5.89. The van der Waals surface area contributed by atoms with Crippen LogP contribution in [0.4, 0.5) is 13.2 Å². The molecule has 2 rings (SSSR count). The van der Waals surface area contributed by atoms with Gasteiger partial charge in [-0.25, -0.2) is 0 Å². The number of halogens is 3. The summed E-state index contributed by atoms with van der Waals surface area (Å²) in [5, 5.41) is 0. The van der Waals surface area contributed by atoms with Crippen LogP contribution in [0.1, 0.15) is 48.4 Å². The van der Waals surface area contributed by atoms with Crippen molar-refractivity contribution in [2.75, 3.05) is 0 Å². The molecule has 0 aliphatic heterocycles. The quantitative estimate of drug-likeness (QED) is 0.307. The first-order valence-electron chi connectivity index (χ1n) is 8.55. The summed E-state index contributed by atoms with van der Waals surface area (Å²) in [6.07, 6.45) is 6.43. The van der Waals surface area contributed by atoms with Gasteiger partial charge in [-0.1, -0.05) is 49.6 Å². The number of benzene rings is 2. The summed E-state index contributed by atoms with van der Waals surface area (Å²) < 4.78 is 40.5. The fourth-order valence-corrected chi connectivity index (χ4v) is 2.73. The van der Waals surface area contributed by atoms with E-state index in [0.717, 1.165) is 24.0 Å². The fourth-order valence-electron chi connectivity index (χ4n) is 2.36. The molecule has 0 spiro atoms. The van der Waals surface area contributed by atoms with Crippen LogP contribution in [0.3, 0.4) is 0 Å². The molecule has 0 aliphatic rings. The van der Waals surface area contributed by atoms with E-state index >= 15 is 0 Å². The molecular weight excluding hydrogens is 400 g/mol. The Hall–Kier alpha value is -1.77. The Labute approximate surface area is 162 Å². The van der Waals surface area contributed by atoms with E-state index in [2.05, 4.69) is 29.2 Å². The topological polar surface area (TPSA) is 0 Å². The average molecular weight is 424 g/mol. The second-order valence-corrected chi connectivity index (χ2v) is 6.76. The summed E-state index contributed by atoms with van der Waals surface area (Å²) in [7, 11) is 0. The number of unbranched alkanes of at least 4 members (excludes halogenated alkanes) is 2. The van der Waals surface area contributed by atoms with Gasteiger partial charge in [0.1, 0.15) is 0 Å². The Kier molecular flexibility index (Phi) is 9.47. The molecule has 2 aromatic carbocycles. The Morgan fingerprint density at radius 3 is 1.81 bits per heavy atom. The summed E-state index contributed by atoms with van der Waals surface area (Å²) in [5.41, 5.74) is 2.32. The molecule has 0 bridgehead atoms. The molecule has 0 aliphatic carbocycles. The van der Waals surface area contributed by atoms with E-state index in [9.17, 15) is 13.2 Å². The molecule has 1 radical (unpaired) electrons. The first-order chi connectivity index (χ1) is 12.4. The molecule has 139 valence electrons. The first-order valence-corrected chi connectivity index (χ1v) is 9.40. The SMILES string of the molecule is C=Cc1ccc(C=C)cc1.CCCCCc1c(F)c(C)c([Se])c(F)c1F. The molecule has 0 fully saturated rings. The Bertz CT molecular complexity index is 693. The molecule has 0 amide bonds. The van der Waals surface area contributed by atoms with Gasteiger partial charge in [0.2, 0.25) is 0 Å². The molecule has 2 aromatic rings. The van der Waals surface area contributed by atoms with Crippen molar-refractivity contribution in [1.29, 1.82) is 0 Å². The van der Waals surface area contributed by atoms with Crippen molar-refractivity contribution in [2.45, 2.75) is 39.5 Å². The van der Waals surface area contributed by atoms with Gasteiger partial charge in [-0.2, -0.15) is 0 Å². The molecule has 0 aromatic heterocycles. The molecule has 0 nitrogen and oxygen atoms in total. The first kappa shape index (κ1) is 22.3. The number of hydrogen-bond donors (Lipinski definition) is 0. The van der Waals surface area contributed by atoms with Gasteiger partial charge in [-0.05, 0) is 11.1 Å². The van der Waals surface area contributed by atoms with Crippen LogP contribution in [-0.2, 0) is 6.42 Å². The van der Waals surface area contributed by atoms with Crippen LogP contribution >= 0.6 is 0 Å². The van der Waals surface area contributed by atoms with Gasteiger partial charge < -0.3 is 0 Å². The molecule has 0 N–H and O–H groups in total. The van der Waals surface area contributed by atoms with E-state index in [1.807, 2.05) is 43.3 Å². The van der Waals surface area contributed by atoms with Crippen molar-refractivity contribution in [1.82, 2.24) is 0 Å². The second-order valence-electron chi connectivity index (χ2n) is 5.91. The van der Waals surface area contributed by atoms with Gasteiger partial charge in [0, 0.05) is 0 Å². The molecule has 26 heavy (non-hydrogen) atoms. The summed E-state index contributed by atoms with van der Waals surface area (Å²) >= 11 is 2.36. The van der Waals surface area contributed by atoms with E-state index in [-0.39, 0.29) is 22.0 Å². The Morgan fingerprint density at radius 2 is 1.38 bits per heavy atom. The van der Waals surface area contributed by atoms with Gasteiger partial charge in [0.05, 0.1) is 0 Å². The van der Waals surface area contributed by atoms with Crippen molar-refractivity contribution >= 4 is 32.6 Å². The van der Waals surface area contributed by atoms with Crippen LogP contribution in [-0.4, -0.2) is 16.0 Å². The molecule has 0 atom stereocenters.